The van der Waals surface area contributed by atoms with E-state index in [4.69, 9.17) is 11.6 Å². The first-order chi connectivity index (χ1) is 10.4. The molecule has 0 aliphatic rings. The Labute approximate surface area is 128 Å². The minimum atomic E-state index is -0.722. The van der Waals surface area contributed by atoms with E-state index in [1.807, 2.05) is 0 Å². The van der Waals surface area contributed by atoms with Gasteiger partial charge >= 0.3 is 5.69 Å². The van der Waals surface area contributed by atoms with Gasteiger partial charge in [-0.3, -0.25) is 25.2 Å². The molecule has 0 radical (unpaired) electrons. The van der Waals surface area contributed by atoms with Crippen molar-refractivity contribution in [2.45, 2.75) is 0 Å². The minimum absolute atomic E-state index is 0.0258. The summed E-state index contributed by atoms with van der Waals surface area (Å²) >= 11 is 5.68. The number of nitro groups is 2. The van der Waals surface area contributed by atoms with E-state index in [1.54, 1.807) is 0 Å². The monoisotopic (exact) mass is 321 g/mol. The van der Waals surface area contributed by atoms with Crippen molar-refractivity contribution in [3.05, 3.63) is 67.2 Å². The second-order valence-electron chi connectivity index (χ2n) is 4.12. The van der Waals surface area contributed by atoms with Gasteiger partial charge in [-0.25, -0.2) is 0 Å². The second-order valence-corrected chi connectivity index (χ2v) is 4.53. The number of hydrogen-bond acceptors (Lipinski definition) is 6. The van der Waals surface area contributed by atoms with Crippen LogP contribution in [0.2, 0.25) is 5.02 Å². The van der Waals surface area contributed by atoms with E-state index >= 15 is 0 Å². The van der Waals surface area contributed by atoms with Crippen LogP contribution in [-0.4, -0.2) is 21.2 Å². The molecule has 0 saturated heterocycles. The normalized spacial score (nSPS) is 10.8. The molecule has 112 valence electrons. The summed E-state index contributed by atoms with van der Waals surface area (Å²) in [6, 6.07) is 7.90. The van der Waals surface area contributed by atoms with Gasteiger partial charge in [0.15, 0.2) is 0 Å². The Balaban J connectivity index is 2.37. The fourth-order valence-corrected chi connectivity index (χ4v) is 1.85. The Morgan fingerprint density at radius 3 is 2.41 bits per heavy atom. The standard InChI is InChI=1S/C13H8ClN3O5/c14-10-5-4-9(6-12(10)17(21)22)15-7-8-2-1-3-11(13(8)18)16(19)20/h1-7,18H. The lowest BCUT2D eigenvalue weighted by atomic mass is 10.2. The second kappa shape index (κ2) is 6.19. The van der Waals surface area contributed by atoms with Crippen molar-refractivity contribution in [1.29, 1.82) is 0 Å². The molecular weight excluding hydrogens is 314 g/mol. The number of aromatic hydroxyl groups is 1. The average molecular weight is 322 g/mol. The predicted molar refractivity (Wildman–Crippen MR) is 80.1 cm³/mol. The summed E-state index contributed by atoms with van der Waals surface area (Å²) < 4.78 is 0. The molecule has 0 aromatic heterocycles. The number of phenols is 1. The number of nitro benzene ring substituents is 2. The highest BCUT2D eigenvalue weighted by molar-refractivity contribution is 6.32. The number of benzene rings is 2. The van der Waals surface area contributed by atoms with E-state index in [0.29, 0.717) is 0 Å². The van der Waals surface area contributed by atoms with Gasteiger partial charge < -0.3 is 5.11 Å². The van der Waals surface area contributed by atoms with Gasteiger partial charge in [0, 0.05) is 23.9 Å². The van der Waals surface area contributed by atoms with Crippen molar-refractivity contribution in [3.63, 3.8) is 0 Å². The van der Waals surface area contributed by atoms with Gasteiger partial charge in [0.05, 0.1) is 15.5 Å². The summed E-state index contributed by atoms with van der Waals surface area (Å²) in [6.07, 6.45) is 1.18. The summed E-state index contributed by atoms with van der Waals surface area (Å²) in [5.74, 6) is -0.528. The van der Waals surface area contributed by atoms with Crippen LogP contribution >= 0.6 is 11.6 Å². The first-order valence-electron chi connectivity index (χ1n) is 5.84. The van der Waals surface area contributed by atoms with Crippen LogP contribution in [0.5, 0.6) is 5.75 Å². The summed E-state index contributed by atoms with van der Waals surface area (Å²) in [6.45, 7) is 0. The summed E-state index contributed by atoms with van der Waals surface area (Å²) in [7, 11) is 0. The molecule has 8 nitrogen and oxygen atoms in total. The largest absolute Gasteiger partial charge is 0.502 e. The molecule has 1 N–H and O–H groups in total. The third-order valence-corrected chi connectivity index (χ3v) is 3.04. The number of aliphatic imine (C=N–C) groups is 1. The molecule has 0 amide bonds. The van der Waals surface area contributed by atoms with Crippen molar-refractivity contribution in [1.82, 2.24) is 0 Å². The summed E-state index contributed by atoms with van der Waals surface area (Å²) in [4.78, 5) is 24.1. The maximum absolute atomic E-state index is 10.8. The Bertz CT molecular complexity index is 791. The number of hydrogen-bond donors (Lipinski definition) is 1. The molecule has 2 aromatic carbocycles. The highest BCUT2D eigenvalue weighted by atomic mass is 35.5. The fourth-order valence-electron chi connectivity index (χ4n) is 1.67. The quantitative estimate of drug-likeness (QED) is 0.524. The molecule has 0 aliphatic heterocycles. The van der Waals surface area contributed by atoms with Crippen LogP contribution in [0.15, 0.2) is 41.4 Å². The van der Waals surface area contributed by atoms with Crippen molar-refractivity contribution in [3.8, 4) is 5.75 Å². The SMILES string of the molecule is O=[N+]([O-])c1cc(N=Cc2cccc([N+](=O)[O-])c2O)ccc1Cl. The van der Waals surface area contributed by atoms with Crippen LogP contribution in [-0.2, 0) is 0 Å². The van der Waals surface area contributed by atoms with Crippen molar-refractivity contribution >= 4 is 34.9 Å². The third-order valence-electron chi connectivity index (χ3n) is 2.72. The average Bonchev–Trinajstić information content (AvgIpc) is 2.47. The molecule has 2 rings (SSSR count). The molecule has 2 aromatic rings. The molecule has 0 spiro atoms. The van der Waals surface area contributed by atoms with Gasteiger partial charge in [-0.05, 0) is 18.2 Å². The highest BCUT2D eigenvalue weighted by Crippen LogP contribution is 2.30. The van der Waals surface area contributed by atoms with Crippen LogP contribution in [0.3, 0.4) is 0 Å². The van der Waals surface area contributed by atoms with Crippen LogP contribution in [0.25, 0.3) is 0 Å². The molecule has 22 heavy (non-hydrogen) atoms. The van der Waals surface area contributed by atoms with Crippen LogP contribution < -0.4 is 0 Å². The lowest BCUT2D eigenvalue weighted by Crippen LogP contribution is -1.91. The summed E-state index contributed by atoms with van der Waals surface area (Å²) in [5.41, 5.74) is -0.417. The van der Waals surface area contributed by atoms with Crippen molar-refractivity contribution in [2.75, 3.05) is 0 Å². The molecule has 9 heteroatoms. The zero-order chi connectivity index (χ0) is 16.3. The third kappa shape index (κ3) is 3.18. The Hall–Kier alpha value is -3.00. The Morgan fingerprint density at radius 1 is 1.09 bits per heavy atom. The lowest BCUT2D eigenvalue weighted by Gasteiger charge is -2.00. The van der Waals surface area contributed by atoms with Crippen molar-refractivity contribution in [2.24, 2.45) is 4.99 Å². The first kappa shape index (κ1) is 15.4. The predicted octanol–water partition coefficient (Wildman–Crippen LogP) is 3.61. The molecule has 0 unspecified atom stereocenters. The van der Waals surface area contributed by atoms with E-state index < -0.39 is 21.3 Å². The van der Waals surface area contributed by atoms with E-state index in [9.17, 15) is 25.3 Å². The minimum Gasteiger partial charge on any atom is -0.502 e. The molecule has 0 aliphatic carbocycles. The molecule has 0 heterocycles. The highest BCUT2D eigenvalue weighted by Gasteiger charge is 2.15. The topological polar surface area (TPSA) is 119 Å². The first-order valence-corrected chi connectivity index (χ1v) is 6.22. The number of nitrogens with zero attached hydrogens (tertiary/aromatic N) is 3. The van der Waals surface area contributed by atoms with E-state index in [0.717, 1.165) is 12.1 Å². The van der Waals surface area contributed by atoms with Crippen LogP contribution in [0.4, 0.5) is 17.1 Å². The van der Waals surface area contributed by atoms with Crippen LogP contribution in [0.1, 0.15) is 5.56 Å². The van der Waals surface area contributed by atoms with Gasteiger partial charge in [-0.15, -0.1) is 0 Å². The molecule has 0 fully saturated rings. The smallest absolute Gasteiger partial charge is 0.311 e. The van der Waals surface area contributed by atoms with E-state index in [2.05, 4.69) is 4.99 Å². The number of para-hydroxylation sites is 1. The lowest BCUT2D eigenvalue weighted by molar-refractivity contribution is -0.385. The fraction of sp³-hybridized carbons (Fsp3) is 0. The van der Waals surface area contributed by atoms with Gasteiger partial charge in [0.1, 0.15) is 5.02 Å². The Kier molecular flexibility index (Phi) is 4.33. The maximum atomic E-state index is 10.8. The van der Waals surface area contributed by atoms with Gasteiger partial charge in [-0.2, -0.15) is 0 Å². The molecule has 0 atom stereocenters. The molecular formula is C13H8ClN3O5. The number of rotatable bonds is 4. The zero-order valence-electron chi connectivity index (χ0n) is 10.8. The van der Waals surface area contributed by atoms with Gasteiger partial charge in [0.2, 0.25) is 5.75 Å². The number of halogens is 1. The van der Waals surface area contributed by atoms with Crippen molar-refractivity contribution < 1.29 is 15.0 Å². The van der Waals surface area contributed by atoms with E-state index in [1.165, 1.54) is 30.5 Å². The van der Waals surface area contributed by atoms with Crippen LogP contribution in [0, 0.1) is 20.2 Å². The number of phenolic OH excluding ortho intramolecular Hbond substituents is 1. The van der Waals surface area contributed by atoms with E-state index in [-0.39, 0.29) is 22.0 Å². The van der Waals surface area contributed by atoms with Gasteiger partial charge in [-0.1, -0.05) is 17.7 Å². The summed E-state index contributed by atoms with van der Waals surface area (Å²) in [5, 5.41) is 31.2. The molecule has 0 saturated carbocycles. The Morgan fingerprint density at radius 2 is 1.77 bits per heavy atom. The molecule has 0 bridgehead atoms. The van der Waals surface area contributed by atoms with Gasteiger partial charge in [0.25, 0.3) is 5.69 Å². The maximum Gasteiger partial charge on any atom is 0.311 e. The zero-order valence-corrected chi connectivity index (χ0v) is 11.6.